The fourth-order valence-electron chi connectivity index (χ4n) is 1.30. The molecular formula is C11H17NO3S. The average Bonchev–Trinajstić information content (AvgIpc) is 2.16. The highest BCUT2D eigenvalue weighted by Crippen LogP contribution is 2.23. The molecule has 0 aromatic heterocycles. The van der Waals surface area contributed by atoms with Crippen molar-refractivity contribution in [3.63, 3.8) is 0 Å². The predicted molar refractivity (Wildman–Crippen MR) is 64.3 cm³/mol. The predicted octanol–water partition coefficient (Wildman–Crippen LogP) is 1.27. The zero-order valence-corrected chi connectivity index (χ0v) is 10.5. The first-order valence-electron chi connectivity index (χ1n) is 4.94. The standard InChI is InChI=1S/C11H17NO3S/c1-11(2,8-13)12-9-6-4-5-7-10(9)16(3,14)15/h4-7,12-13H,8H2,1-3H3. The molecule has 1 aromatic carbocycles. The van der Waals surface area contributed by atoms with Crippen LogP contribution in [0.3, 0.4) is 0 Å². The van der Waals surface area contributed by atoms with Crippen molar-refractivity contribution in [1.82, 2.24) is 0 Å². The van der Waals surface area contributed by atoms with Crippen LogP contribution in [0.5, 0.6) is 0 Å². The summed E-state index contributed by atoms with van der Waals surface area (Å²) in [6.45, 7) is 3.52. The Morgan fingerprint density at radius 1 is 1.31 bits per heavy atom. The minimum Gasteiger partial charge on any atom is -0.394 e. The lowest BCUT2D eigenvalue weighted by Gasteiger charge is -2.26. The van der Waals surface area contributed by atoms with Gasteiger partial charge in [0.05, 0.1) is 22.7 Å². The second kappa shape index (κ2) is 4.43. The van der Waals surface area contributed by atoms with Gasteiger partial charge in [-0.3, -0.25) is 0 Å². The number of benzene rings is 1. The summed E-state index contributed by atoms with van der Waals surface area (Å²) in [6.07, 6.45) is 1.17. The van der Waals surface area contributed by atoms with Gasteiger partial charge in [-0.1, -0.05) is 12.1 Å². The summed E-state index contributed by atoms with van der Waals surface area (Å²) in [7, 11) is -3.26. The van der Waals surface area contributed by atoms with Gasteiger partial charge >= 0.3 is 0 Å². The molecule has 0 aliphatic heterocycles. The third kappa shape index (κ3) is 3.21. The van der Waals surface area contributed by atoms with Crippen LogP contribution in [-0.2, 0) is 9.84 Å². The molecular weight excluding hydrogens is 226 g/mol. The molecule has 0 fully saturated rings. The summed E-state index contributed by atoms with van der Waals surface area (Å²) in [5.74, 6) is 0. The van der Waals surface area contributed by atoms with E-state index in [2.05, 4.69) is 5.32 Å². The highest BCUT2D eigenvalue weighted by molar-refractivity contribution is 7.90. The van der Waals surface area contributed by atoms with Gasteiger partial charge in [-0.25, -0.2) is 8.42 Å². The first kappa shape index (κ1) is 13.0. The van der Waals surface area contributed by atoms with Crippen LogP contribution in [0.15, 0.2) is 29.2 Å². The average molecular weight is 243 g/mol. The van der Waals surface area contributed by atoms with E-state index in [1.807, 2.05) is 0 Å². The number of aliphatic hydroxyl groups excluding tert-OH is 1. The minimum absolute atomic E-state index is 0.0783. The zero-order valence-electron chi connectivity index (χ0n) is 9.69. The van der Waals surface area contributed by atoms with Crippen molar-refractivity contribution in [2.45, 2.75) is 24.3 Å². The third-order valence-corrected chi connectivity index (χ3v) is 3.31. The molecule has 0 bridgehead atoms. The quantitative estimate of drug-likeness (QED) is 0.836. The number of anilines is 1. The number of nitrogens with one attached hydrogen (secondary N) is 1. The lowest BCUT2D eigenvalue weighted by Crippen LogP contribution is -2.35. The van der Waals surface area contributed by atoms with Gasteiger partial charge in [0, 0.05) is 6.26 Å². The Balaban J connectivity index is 3.16. The Kier molecular flexibility index (Phi) is 3.60. The van der Waals surface area contributed by atoms with Gasteiger partial charge in [0.15, 0.2) is 9.84 Å². The summed E-state index contributed by atoms with van der Waals surface area (Å²) in [5, 5.41) is 12.2. The van der Waals surface area contributed by atoms with Crippen LogP contribution >= 0.6 is 0 Å². The van der Waals surface area contributed by atoms with E-state index < -0.39 is 15.4 Å². The molecule has 4 nitrogen and oxygen atoms in total. The largest absolute Gasteiger partial charge is 0.394 e. The van der Waals surface area contributed by atoms with E-state index in [4.69, 9.17) is 5.11 Å². The van der Waals surface area contributed by atoms with E-state index in [9.17, 15) is 8.42 Å². The highest BCUT2D eigenvalue weighted by atomic mass is 32.2. The molecule has 1 rings (SSSR count). The van der Waals surface area contributed by atoms with E-state index in [1.165, 1.54) is 6.26 Å². The molecule has 0 unspecified atom stereocenters. The maximum atomic E-state index is 11.5. The Bertz CT molecular complexity index is 466. The molecule has 0 radical (unpaired) electrons. The highest BCUT2D eigenvalue weighted by Gasteiger charge is 2.20. The molecule has 5 heteroatoms. The van der Waals surface area contributed by atoms with Crippen molar-refractivity contribution in [2.75, 3.05) is 18.2 Å². The Hall–Kier alpha value is -1.07. The second-order valence-corrected chi connectivity index (χ2v) is 6.42. The summed E-state index contributed by atoms with van der Waals surface area (Å²) >= 11 is 0. The van der Waals surface area contributed by atoms with Crippen molar-refractivity contribution < 1.29 is 13.5 Å². The van der Waals surface area contributed by atoms with E-state index in [0.717, 1.165) is 0 Å². The van der Waals surface area contributed by atoms with Crippen LogP contribution in [0.2, 0.25) is 0 Å². The molecule has 0 aliphatic rings. The summed E-state index contributed by atoms with van der Waals surface area (Å²) in [4.78, 5) is 0.247. The zero-order chi connectivity index (χ0) is 12.4. The summed E-state index contributed by atoms with van der Waals surface area (Å²) < 4.78 is 23.1. The van der Waals surface area contributed by atoms with E-state index in [0.29, 0.717) is 5.69 Å². The number of para-hydroxylation sites is 1. The lowest BCUT2D eigenvalue weighted by molar-refractivity contribution is 0.234. The number of hydrogen-bond donors (Lipinski definition) is 2. The van der Waals surface area contributed by atoms with Crippen LogP contribution in [-0.4, -0.2) is 31.9 Å². The van der Waals surface area contributed by atoms with Crippen molar-refractivity contribution in [3.8, 4) is 0 Å². The number of hydrogen-bond acceptors (Lipinski definition) is 4. The monoisotopic (exact) mass is 243 g/mol. The molecule has 0 spiro atoms. The van der Waals surface area contributed by atoms with Crippen molar-refractivity contribution in [3.05, 3.63) is 24.3 Å². The molecule has 90 valence electrons. The Labute approximate surface area is 96.2 Å². The number of aliphatic hydroxyl groups is 1. The molecule has 0 aliphatic carbocycles. The first-order valence-corrected chi connectivity index (χ1v) is 6.83. The number of sulfone groups is 1. The van der Waals surface area contributed by atoms with E-state index >= 15 is 0 Å². The topological polar surface area (TPSA) is 66.4 Å². The van der Waals surface area contributed by atoms with Crippen LogP contribution < -0.4 is 5.32 Å². The van der Waals surface area contributed by atoms with Crippen molar-refractivity contribution in [2.24, 2.45) is 0 Å². The van der Waals surface area contributed by atoms with Crippen LogP contribution in [0.4, 0.5) is 5.69 Å². The molecule has 2 N–H and O–H groups in total. The SMILES string of the molecule is CC(C)(CO)Nc1ccccc1S(C)(=O)=O. The lowest BCUT2D eigenvalue weighted by atomic mass is 10.1. The van der Waals surface area contributed by atoms with Crippen molar-refractivity contribution >= 4 is 15.5 Å². The first-order chi connectivity index (χ1) is 7.26. The van der Waals surface area contributed by atoms with Crippen LogP contribution in [0.25, 0.3) is 0 Å². The minimum atomic E-state index is -3.26. The summed E-state index contributed by atoms with van der Waals surface area (Å²) in [6, 6.07) is 6.66. The van der Waals surface area contributed by atoms with Gasteiger partial charge in [0.25, 0.3) is 0 Å². The molecule has 1 aromatic rings. The maximum absolute atomic E-state index is 11.5. The van der Waals surface area contributed by atoms with Crippen LogP contribution in [0, 0.1) is 0 Å². The van der Waals surface area contributed by atoms with Gasteiger partial charge in [-0.15, -0.1) is 0 Å². The molecule has 0 heterocycles. The second-order valence-electron chi connectivity index (χ2n) is 4.44. The normalized spacial score (nSPS) is 12.5. The van der Waals surface area contributed by atoms with E-state index in [-0.39, 0.29) is 11.5 Å². The van der Waals surface area contributed by atoms with Gasteiger partial charge < -0.3 is 10.4 Å². The Morgan fingerprint density at radius 3 is 2.38 bits per heavy atom. The van der Waals surface area contributed by atoms with Crippen molar-refractivity contribution in [1.29, 1.82) is 0 Å². The van der Waals surface area contributed by atoms with Gasteiger partial charge in [-0.2, -0.15) is 0 Å². The van der Waals surface area contributed by atoms with Gasteiger partial charge in [0.1, 0.15) is 0 Å². The fraction of sp³-hybridized carbons (Fsp3) is 0.455. The molecule has 16 heavy (non-hydrogen) atoms. The number of rotatable bonds is 4. The molecule has 0 saturated carbocycles. The summed E-state index contributed by atoms with van der Waals surface area (Å²) in [5.41, 5.74) is -0.0371. The fourth-order valence-corrected chi connectivity index (χ4v) is 2.14. The third-order valence-electron chi connectivity index (χ3n) is 2.15. The van der Waals surface area contributed by atoms with Crippen LogP contribution in [0.1, 0.15) is 13.8 Å². The molecule has 0 atom stereocenters. The Morgan fingerprint density at radius 2 is 1.88 bits per heavy atom. The van der Waals surface area contributed by atoms with Gasteiger partial charge in [-0.05, 0) is 26.0 Å². The molecule has 0 amide bonds. The molecule has 0 saturated heterocycles. The smallest absolute Gasteiger partial charge is 0.177 e. The maximum Gasteiger partial charge on any atom is 0.177 e. The van der Waals surface area contributed by atoms with Gasteiger partial charge in [0.2, 0.25) is 0 Å². The van der Waals surface area contributed by atoms with E-state index in [1.54, 1.807) is 38.1 Å².